The molecule has 0 radical (unpaired) electrons. The lowest BCUT2D eigenvalue weighted by Gasteiger charge is -2.11. The van der Waals surface area contributed by atoms with Gasteiger partial charge >= 0.3 is 0 Å². The maximum Gasteiger partial charge on any atom is 0.273 e. The zero-order valence-electron chi connectivity index (χ0n) is 12.7. The van der Waals surface area contributed by atoms with E-state index < -0.39 is 0 Å². The Morgan fingerprint density at radius 2 is 2.09 bits per heavy atom. The first-order chi connectivity index (χ1) is 11.2. The van der Waals surface area contributed by atoms with Crippen molar-refractivity contribution < 1.29 is 14.4 Å². The first-order valence-corrected chi connectivity index (χ1v) is 7.19. The number of amides is 1. The molecule has 1 heterocycles. The van der Waals surface area contributed by atoms with Gasteiger partial charge in [-0.15, -0.1) is 0 Å². The van der Waals surface area contributed by atoms with Gasteiger partial charge in [-0.2, -0.15) is 0 Å². The minimum atomic E-state index is -0.344. The van der Waals surface area contributed by atoms with E-state index in [1.807, 2.05) is 18.2 Å². The largest absolute Gasteiger partial charge is 0.473 e. The summed E-state index contributed by atoms with van der Waals surface area (Å²) in [5.41, 5.74) is 1.59. The van der Waals surface area contributed by atoms with E-state index in [4.69, 9.17) is 21.2 Å². The fourth-order valence-electron chi connectivity index (χ4n) is 1.90. The average Bonchev–Trinajstić information content (AvgIpc) is 2.59. The van der Waals surface area contributed by atoms with Crippen LogP contribution in [0.5, 0.6) is 5.88 Å². The molecule has 0 spiro atoms. The monoisotopic (exact) mass is 333 g/mol. The minimum Gasteiger partial charge on any atom is -0.473 e. The van der Waals surface area contributed by atoms with Crippen molar-refractivity contribution in [3.63, 3.8) is 0 Å². The zero-order chi connectivity index (χ0) is 16.7. The van der Waals surface area contributed by atoms with Crippen LogP contribution in [0.15, 0.2) is 47.8 Å². The van der Waals surface area contributed by atoms with Crippen molar-refractivity contribution in [1.82, 2.24) is 10.3 Å². The number of likely N-dealkylation sites (N-methyl/N-ethyl adjacent to an activating group) is 1. The standard InChI is InChI=1S/C16H16ClN3O3/c1-18-16(21)15(20-22-2)13-6-4-3-5-11(13)10-23-14-8-7-12(17)9-19-14/h3-9H,10H2,1-2H3,(H,18,21)/b20-15+. The van der Waals surface area contributed by atoms with Gasteiger partial charge in [0.15, 0.2) is 5.71 Å². The van der Waals surface area contributed by atoms with Gasteiger partial charge in [-0.25, -0.2) is 4.98 Å². The summed E-state index contributed by atoms with van der Waals surface area (Å²) in [5, 5.41) is 6.88. The molecule has 2 aromatic rings. The van der Waals surface area contributed by atoms with Gasteiger partial charge in [-0.3, -0.25) is 4.79 Å². The molecule has 0 aliphatic heterocycles. The lowest BCUT2D eigenvalue weighted by Crippen LogP contribution is -2.29. The summed E-state index contributed by atoms with van der Waals surface area (Å²) in [5.74, 6) is 0.0956. The van der Waals surface area contributed by atoms with Gasteiger partial charge in [-0.1, -0.05) is 41.0 Å². The number of aromatic nitrogens is 1. The highest BCUT2D eigenvalue weighted by Crippen LogP contribution is 2.16. The van der Waals surface area contributed by atoms with Gasteiger partial charge in [0.1, 0.15) is 13.7 Å². The number of oxime groups is 1. The quantitative estimate of drug-likeness (QED) is 0.651. The van der Waals surface area contributed by atoms with E-state index in [-0.39, 0.29) is 18.2 Å². The Morgan fingerprint density at radius 3 is 2.74 bits per heavy atom. The van der Waals surface area contributed by atoms with Crippen molar-refractivity contribution in [3.8, 4) is 5.88 Å². The molecule has 0 unspecified atom stereocenters. The molecule has 0 saturated carbocycles. The highest BCUT2D eigenvalue weighted by atomic mass is 35.5. The molecule has 120 valence electrons. The summed E-state index contributed by atoms with van der Waals surface area (Å²) in [6.45, 7) is 0.227. The molecule has 1 aromatic carbocycles. The number of rotatable bonds is 6. The van der Waals surface area contributed by atoms with Gasteiger partial charge in [-0.05, 0) is 11.6 Å². The van der Waals surface area contributed by atoms with Crippen LogP contribution in [0.25, 0.3) is 0 Å². The Bertz CT molecular complexity index is 702. The topological polar surface area (TPSA) is 72.8 Å². The maximum absolute atomic E-state index is 12.0. The van der Waals surface area contributed by atoms with Crippen LogP contribution in [0.1, 0.15) is 11.1 Å². The van der Waals surface area contributed by atoms with Crippen LogP contribution in [0, 0.1) is 0 Å². The zero-order valence-corrected chi connectivity index (χ0v) is 13.5. The summed E-state index contributed by atoms with van der Waals surface area (Å²) >= 11 is 5.79. The second-order valence-corrected chi connectivity index (χ2v) is 4.90. The number of benzene rings is 1. The van der Waals surface area contributed by atoms with Gasteiger partial charge in [0, 0.05) is 24.9 Å². The molecule has 0 aliphatic rings. The number of hydrogen-bond acceptors (Lipinski definition) is 5. The molecule has 0 aliphatic carbocycles. The number of carbonyl (C=O) groups is 1. The lowest BCUT2D eigenvalue weighted by atomic mass is 10.0. The van der Waals surface area contributed by atoms with Crippen molar-refractivity contribution in [1.29, 1.82) is 0 Å². The Kier molecular flexibility index (Phi) is 5.94. The van der Waals surface area contributed by atoms with E-state index in [0.717, 1.165) is 5.56 Å². The lowest BCUT2D eigenvalue weighted by molar-refractivity contribution is -0.114. The summed E-state index contributed by atoms with van der Waals surface area (Å²) in [7, 11) is 2.92. The van der Waals surface area contributed by atoms with E-state index in [2.05, 4.69) is 15.5 Å². The fraction of sp³-hybridized carbons (Fsp3) is 0.188. The van der Waals surface area contributed by atoms with Crippen molar-refractivity contribution in [3.05, 3.63) is 58.7 Å². The minimum absolute atomic E-state index is 0.179. The smallest absolute Gasteiger partial charge is 0.273 e. The Labute approximate surface area is 139 Å². The third-order valence-corrected chi connectivity index (χ3v) is 3.20. The SMILES string of the molecule is CNC(=O)/C(=N/OC)c1ccccc1COc1ccc(Cl)cn1. The Hall–Kier alpha value is -2.60. The molecule has 2 rings (SSSR count). The van der Waals surface area contributed by atoms with Crippen LogP contribution in [0.4, 0.5) is 0 Å². The van der Waals surface area contributed by atoms with Crippen molar-refractivity contribution in [2.24, 2.45) is 5.16 Å². The number of carbonyl (C=O) groups excluding carboxylic acids is 1. The van der Waals surface area contributed by atoms with Crippen LogP contribution in [-0.4, -0.2) is 30.8 Å². The highest BCUT2D eigenvalue weighted by Gasteiger charge is 2.17. The maximum atomic E-state index is 12.0. The molecule has 1 aromatic heterocycles. The van der Waals surface area contributed by atoms with Crippen LogP contribution >= 0.6 is 11.6 Å². The van der Waals surface area contributed by atoms with E-state index in [9.17, 15) is 4.79 Å². The van der Waals surface area contributed by atoms with Crippen LogP contribution < -0.4 is 10.1 Å². The van der Waals surface area contributed by atoms with Crippen LogP contribution in [0.2, 0.25) is 5.02 Å². The number of pyridine rings is 1. The second kappa shape index (κ2) is 8.14. The van der Waals surface area contributed by atoms with Gasteiger partial charge in [0.25, 0.3) is 5.91 Å². The van der Waals surface area contributed by atoms with E-state index >= 15 is 0 Å². The molecule has 6 nitrogen and oxygen atoms in total. The highest BCUT2D eigenvalue weighted by molar-refractivity contribution is 6.45. The van der Waals surface area contributed by atoms with Gasteiger partial charge < -0.3 is 14.9 Å². The molecular weight excluding hydrogens is 318 g/mol. The predicted molar refractivity (Wildman–Crippen MR) is 87.6 cm³/mol. The summed E-state index contributed by atoms with van der Waals surface area (Å²) in [6.07, 6.45) is 1.51. The number of hydrogen-bond donors (Lipinski definition) is 1. The normalized spacial score (nSPS) is 11.0. The molecule has 0 bridgehead atoms. The van der Waals surface area contributed by atoms with E-state index in [1.165, 1.54) is 20.4 Å². The number of nitrogens with zero attached hydrogens (tertiary/aromatic N) is 2. The van der Waals surface area contributed by atoms with E-state index in [1.54, 1.807) is 18.2 Å². The number of ether oxygens (including phenoxy) is 1. The molecule has 7 heteroatoms. The van der Waals surface area contributed by atoms with Gasteiger partial charge in [0.05, 0.1) is 5.02 Å². The summed E-state index contributed by atoms with van der Waals surface area (Å²) in [4.78, 5) is 20.8. The van der Waals surface area contributed by atoms with Crippen molar-refractivity contribution in [2.45, 2.75) is 6.61 Å². The molecule has 0 saturated heterocycles. The number of nitrogens with one attached hydrogen (secondary N) is 1. The molecule has 1 amide bonds. The Balaban J connectivity index is 2.24. The fourth-order valence-corrected chi connectivity index (χ4v) is 2.01. The summed E-state index contributed by atoms with van der Waals surface area (Å²) in [6, 6.07) is 10.7. The Morgan fingerprint density at radius 1 is 1.30 bits per heavy atom. The third-order valence-electron chi connectivity index (χ3n) is 2.97. The molecule has 0 fully saturated rings. The van der Waals surface area contributed by atoms with Crippen molar-refractivity contribution in [2.75, 3.05) is 14.2 Å². The van der Waals surface area contributed by atoms with Gasteiger partial charge in [0.2, 0.25) is 5.88 Å². The first-order valence-electron chi connectivity index (χ1n) is 6.81. The van der Waals surface area contributed by atoms with Crippen molar-refractivity contribution >= 4 is 23.2 Å². The summed E-state index contributed by atoms with van der Waals surface area (Å²) < 4.78 is 5.63. The van der Waals surface area contributed by atoms with Crippen LogP contribution in [-0.2, 0) is 16.2 Å². The number of halogens is 1. The third kappa shape index (κ3) is 4.43. The molecular formula is C16H16ClN3O3. The van der Waals surface area contributed by atoms with E-state index in [0.29, 0.717) is 16.5 Å². The second-order valence-electron chi connectivity index (χ2n) is 4.46. The molecule has 23 heavy (non-hydrogen) atoms. The van der Waals surface area contributed by atoms with Crippen LogP contribution in [0.3, 0.4) is 0 Å². The molecule has 1 N–H and O–H groups in total. The molecule has 0 atom stereocenters. The average molecular weight is 334 g/mol. The first kappa shape index (κ1) is 16.8. The predicted octanol–water partition coefficient (Wildman–Crippen LogP) is 2.41.